The molecule has 0 atom stereocenters. The number of rotatable bonds is 5. The highest BCUT2D eigenvalue weighted by molar-refractivity contribution is 7.26. The van der Waals surface area contributed by atoms with E-state index in [1.807, 2.05) is 84.9 Å². The predicted molar refractivity (Wildman–Crippen MR) is 236 cm³/mol. The van der Waals surface area contributed by atoms with Crippen molar-refractivity contribution in [1.29, 1.82) is 0 Å². The minimum atomic E-state index is -0.749. The van der Waals surface area contributed by atoms with Crippen molar-refractivity contribution < 1.29 is 26.3 Å². The Morgan fingerprint density at radius 1 is 0.474 bits per heavy atom. The molecule has 12 aromatic rings. The summed E-state index contributed by atoms with van der Waals surface area (Å²) in [5.41, 5.74) is 0.0409. The minimum absolute atomic E-state index is 0.154. The molecule has 0 radical (unpaired) electrons. The van der Waals surface area contributed by atoms with Gasteiger partial charge in [0, 0.05) is 58.4 Å². The van der Waals surface area contributed by atoms with Crippen LogP contribution in [-0.2, 0) is 0 Å². The maximum absolute atomic E-state index is 9.76. The Morgan fingerprint density at radius 2 is 1.23 bits per heavy atom. The lowest BCUT2D eigenvalue weighted by Gasteiger charge is -2.13. The molecular formula is C51H30N4OS. The van der Waals surface area contributed by atoms with Gasteiger partial charge < -0.3 is 4.42 Å². The number of nitrogens with zero attached hydrogens (tertiary/aromatic N) is 4. The van der Waals surface area contributed by atoms with Crippen LogP contribution in [0.25, 0.3) is 115 Å². The zero-order valence-corrected chi connectivity index (χ0v) is 30.0. The second-order valence-corrected chi connectivity index (χ2v) is 14.2. The normalized spacial score (nSPS) is 15.8. The average Bonchev–Trinajstić information content (AvgIpc) is 4.09. The van der Waals surface area contributed by atoms with Crippen LogP contribution in [0.5, 0.6) is 0 Å². The Balaban J connectivity index is 1.24. The Labute approximate surface area is 353 Å². The first-order valence-electron chi connectivity index (χ1n) is 25.7. The number of furan rings is 1. The smallest absolute Gasteiger partial charge is 0.238 e. The molecule has 4 heterocycles. The molecule has 0 bridgehead atoms. The molecule has 266 valence electrons. The molecule has 0 amide bonds. The quantitative estimate of drug-likeness (QED) is 0.175. The third kappa shape index (κ3) is 4.98. The van der Waals surface area contributed by atoms with Gasteiger partial charge in [0.1, 0.15) is 11.2 Å². The van der Waals surface area contributed by atoms with E-state index in [-0.39, 0.29) is 16.7 Å². The van der Waals surface area contributed by atoms with Crippen molar-refractivity contribution in [2.24, 2.45) is 0 Å². The molecule has 0 saturated heterocycles. The van der Waals surface area contributed by atoms with Crippen molar-refractivity contribution in [3.05, 3.63) is 182 Å². The van der Waals surface area contributed by atoms with Crippen molar-refractivity contribution in [2.75, 3.05) is 0 Å². The number of hydrogen-bond acceptors (Lipinski definition) is 5. The zero-order chi connectivity index (χ0) is 51.4. The molecular weight excluding hydrogens is 717 g/mol. The Morgan fingerprint density at radius 3 is 2.07 bits per heavy atom. The van der Waals surface area contributed by atoms with Crippen molar-refractivity contribution in [3.63, 3.8) is 0 Å². The van der Waals surface area contributed by atoms with Gasteiger partial charge in [-0.15, -0.1) is 11.3 Å². The monoisotopic (exact) mass is 762 g/mol. The van der Waals surface area contributed by atoms with Gasteiger partial charge in [-0.05, 0) is 53.0 Å². The molecule has 0 aliphatic heterocycles. The highest BCUT2D eigenvalue weighted by Crippen LogP contribution is 2.45. The average molecular weight is 763 g/mol. The van der Waals surface area contributed by atoms with Crippen LogP contribution in [0.15, 0.2) is 186 Å². The van der Waals surface area contributed by atoms with Crippen LogP contribution < -0.4 is 0 Å². The molecule has 8 aromatic carbocycles. The first kappa shape index (κ1) is 20.0. The van der Waals surface area contributed by atoms with E-state index in [9.17, 15) is 4.11 Å². The minimum Gasteiger partial charge on any atom is -0.456 e. The zero-order valence-electron chi connectivity index (χ0n) is 45.2. The van der Waals surface area contributed by atoms with E-state index in [1.54, 1.807) is 15.9 Å². The third-order valence-corrected chi connectivity index (χ3v) is 11.1. The molecule has 4 aromatic heterocycles. The van der Waals surface area contributed by atoms with Gasteiger partial charge in [-0.25, -0.2) is 4.98 Å². The molecule has 0 fully saturated rings. The number of fused-ring (bicyclic) bond motifs is 10. The van der Waals surface area contributed by atoms with Gasteiger partial charge in [0.2, 0.25) is 5.95 Å². The standard InChI is InChI=1S/C51H30N4OS/c1-4-14-31(15-5-1)35-21-13-24-41-45(35)37-27-26-34(30-42(37)56-41)50-52-49(33-18-8-3-9-19-33)53-51(54-50)55-40-28-29-44-47(38-20-10-11-25-43(38)57-44)46(40)39-23-12-22-36(48(39)55)32-16-6-2-7-17-32/h1-30H/i1D,3D,4D,5D,8D,9D,13D,14D,15D,18D,19D,21D,24D,26D,27D,30D. The van der Waals surface area contributed by atoms with E-state index in [2.05, 4.69) is 4.98 Å². The Hall–Kier alpha value is -7.41. The van der Waals surface area contributed by atoms with Gasteiger partial charge in [0.15, 0.2) is 11.6 Å². The highest BCUT2D eigenvalue weighted by atomic mass is 32.1. The van der Waals surface area contributed by atoms with E-state index in [0.717, 1.165) is 42.1 Å². The van der Waals surface area contributed by atoms with E-state index in [1.165, 1.54) is 0 Å². The number of aromatic nitrogens is 4. The SMILES string of the molecule is [2H]c1c([2H])c([2H])c(-c2nc(-c3c([2H])c([2H])c4c(oc5c([2H])c([2H])c([2H])c(-c6c([2H])c([2H])c([2H])c([2H])c6[2H])c54)c3[2H])nc(-n3c4ccc5sc6ccccc6c5c4c4cccc(-c5ccccc5)c43)n2)c([2H])c1[2H]. The lowest BCUT2D eigenvalue weighted by molar-refractivity contribution is 0.669. The second-order valence-electron chi connectivity index (χ2n) is 13.1. The Kier molecular flexibility index (Phi) is 4.40. The van der Waals surface area contributed by atoms with Crippen molar-refractivity contribution in [3.8, 4) is 51.0 Å². The molecule has 0 spiro atoms. The van der Waals surface area contributed by atoms with E-state index >= 15 is 0 Å². The third-order valence-electron chi connectivity index (χ3n) is 9.97. The van der Waals surface area contributed by atoms with Gasteiger partial charge in [-0.2, -0.15) is 9.97 Å². The first-order chi connectivity index (χ1) is 34.9. The molecule has 6 heteroatoms. The Bertz CT molecular complexity index is 4420. The van der Waals surface area contributed by atoms with Crippen LogP contribution in [0.4, 0.5) is 0 Å². The lowest BCUT2D eigenvalue weighted by atomic mass is 9.99. The maximum Gasteiger partial charge on any atom is 0.238 e. The van der Waals surface area contributed by atoms with Crippen molar-refractivity contribution in [1.82, 2.24) is 19.5 Å². The summed E-state index contributed by atoms with van der Waals surface area (Å²) < 4.78 is 152. The fraction of sp³-hybridized carbons (Fsp3) is 0. The summed E-state index contributed by atoms with van der Waals surface area (Å²) >= 11 is 1.62. The van der Waals surface area contributed by atoms with Gasteiger partial charge in [0.25, 0.3) is 0 Å². The summed E-state index contributed by atoms with van der Waals surface area (Å²) in [6, 6.07) is 16.1. The largest absolute Gasteiger partial charge is 0.456 e. The van der Waals surface area contributed by atoms with Gasteiger partial charge in [0.05, 0.1) is 33.0 Å². The molecule has 0 aliphatic carbocycles. The topological polar surface area (TPSA) is 56.7 Å². The summed E-state index contributed by atoms with van der Waals surface area (Å²) in [4.78, 5) is 14.5. The fourth-order valence-electron chi connectivity index (χ4n) is 7.60. The van der Waals surface area contributed by atoms with E-state index in [4.69, 9.17) is 32.2 Å². The van der Waals surface area contributed by atoms with Crippen LogP contribution in [0.2, 0.25) is 0 Å². The van der Waals surface area contributed by atoms with Crippen LogP contribution >= 0.6 is 11.3 Å². The predicted octanol–water partition coefficient (Wildman–Crippen LogP) is 13.9. The lowest BCUT2D eigenvalue weighted by Crippen LogP contribution is -2.07. The van der Waals surface area contributed by atoms with Crippen LogP contribution in [0.3, 0.4) is 0 Å². The van der Waals surface area contributed by atoms with Crippen molar-refractivity contribution in [2.45, 2.75) is 0 Å². The highest BCUT2D eigenvalue weighted by Gasteiger charge is 2.23. The number of thiophene rings is 1. The van der Waals surface area contributed by atoms with Crippen molar-refractivity contribution >= 4 is 75.3 Å². The number of benzene rings is 8. The van der Waals surface area contributed by atoms with Crippen LogP contribution in [0, 0.1) is 0 Å². The maximum atomic E-state index is 9.76. The molecule has 57 heavy (non-hydrogen) atoms. The fourth-order valence-corrected chi connectivity index (χ4v) is 8.72. The van der Waals surface area contributed by atoms with Gasteiger partial charge in [-0.3, -0.25) is 4.57 Å². The van der Waals surface area contributed by atoms with E-state index < -0.39 is 142 Å². The first-order valence-corrected chi connectivity index (χ1v) is 18.5. The summed E-state index contributed by atoms with van der Waals surface area (Å²) in [5, 5.41) is 2.93. The van der Waals surface area contributed by atoms with Crippen LogP contribution in [-0.4, -0.2) is 19.5 Å². The molecule has 0 N–H and O–H groups in total. The summed E-state index contributed by atoms with van der Waals surface area (Å²) in [6.45, 7) is 0. The van der Waals surface area contributed by atoms with Crippen LogP contribution in [0.1, 0.15) is 21.9 Å². The summed E-state index contributed by atoms with van der Waals surface area (Å²) in [6.07, 6.45) is 0. The molecule has 0 aliphatic rings. The molecule has 0 saturated carbocycles. The molecule has 5 nitrogen and oxygen atoms in total. The van der Waals surface area contributed by atoms with Gasteiger partial charge in [-0.1, -0.05) is 145 Å². The molecule has 12 rings (SSSR count). The number of hydrogen-bond donors (Lipinski definition) is 0. The second kappa shape index (κ2) is 12.6. The van der Waals surface area contributed by atoms with E-state index in [0.29, 0.717) is 11.0 Å². The van der Waals surface area contributed by atoms with Gasteiger partial charge >= 0.3 is 0 Å². The summed E-state index contributed by atoms with van der Waals surface area (Å²) in [7, 11) is 0. The molecule has 0 unspecified atom stereocenters. The summed E-state index contributed by atoms with van der Waals surface area (Å²) in [5.74, 6) is -1.04. The number of para-hydroxylation sites is 1.